The Labute approximate surface area is 103 Å². The Kier molecular flexibility index (Phi) is 4.12. The molecule has 1 aromatic heterocycles. The molecule has 2 atom stereocenters. The van der Waals surface area contributed by atoms with E-state index in [1.165, 1.54) is 25.8 Å². The molecule has 0 saturated carbocycles. The molecule has 5 nitrogen and oxygen atoms in total. The molecule has 1 aliphatic heterocycles. The molecule has 2 heterocycles. The Hall–Kier alpha value is -0.940. The van der Waals surface area contributed by atoms with Gasteiger partial charge < -0.3 is 14.8 Å². The molecule has 2 rings (SSSR count). The minimum Gasteiger partial charge on any atom is -0.319 e. The largest absolute Gasteiger partial charge is 0.319 e. The fraction of sp³-hybridized carbons (Fsp3) is 0.833. The predicted molar refractivity (Wildman–Crippen MR) is 67.7 cm³/mol. The Balaban J connectivity index is 1.83. The molecule has 1 fully saturated rings. The topological polar surface area (TPSA) is 46.0 Å². The van der Waals surface area contributed by atoms with E-state index in [0.29, 0.717) is 6.04 Å². The number of likely N-dealkylation sites (tertiary alicyclic amines) is 1. The van der Waals surface area contributed by atoms with Crippen LogP contribution >= 0.6 is 0 Å². The fourth-order valence-electron chi connectivity index (χ4n) is 2.49. The van der Waals surface area contributed by atoms with Crippen molar-refractivity contribution in [2.24, 2.45) is 7.05 Å². The van der Waals surface area contributed by atoms with Crippen molar-refractivity contribution in [1.82, 2.24) is 25.0 Å². The van der Waals surface area contributed by atoms with E-state index >= 15 is 0 Å². The van der Waals surface area contributed by atoms with Crippen LogP contribution in [0.25, 0.3) is 0 Å². The summed E-state index contributed by atoms with van der Waals surface area (Å²) in [6.45, 7) is 4.40. The summed E-state index contributed by atoms with van der Waals surface area (Å²) in [6.07, 6.45) is 5.75. The van der Waals surface area contributed by atoms with Gasteiger partial charge in [0.1, 0.15) is 12.2 Å². The van der Waals surface area contributed by atoms with Gasteiger partial charge in [-0.05, 0) is 33.4 Å². The summed E-state index contributed by atoms with van der Waals surface area (Å²) in [5.41, 5.74) is 0. The molecular formula is C12H23N5. The second-order valence-electron chi connectivity index (χ2n) is 5.06. The molecule has 0 amide bonds. The van der Waals surface area contributed by atoms with E-state index in [1.807, 2.05) is 11.6 Å². The number of hydrogen-bond donors (Lipinski definition) is 1. The molecule has 0 aliphatic carbocycles. The summed E-state index contributed by atoms with van der Waals surface area (Å²) in [6, 6.07) is 0.928. The minimum absolute atomic E-state index is 0.262. The molecule has 17 heavy (non-hydrogen) atoms. The SMILES string of the molecule is CC(NCC1CCCCN1C)c1nncn1C. The predicted octanol–water partition coefficient (Wildman–Crippen LogP) is 0.950. The summed E-state index contributed by atoms with van der Waals surface area (Å²) < 4.78 is 1.97. The smallest absolute Gasteiger partial charge is 0.149 e. The van der Waals surface area contributed by atoms with Crippen molar-refractivity contribution in [3.05, 3.63) is 12.2 Å². The van der Waals surface area contributed by atoms with Crippen molar-refractivity contribution in [1.29, 1.82) is 0 Å². The first-order valence-corrected chi connectivity index (χ1v) is 6.46. The van der Waals surface area contributed by atoms with E-state index in [9.17, 15) is 0 Å². The zero-order valence-electron chi connectivity index (χ0n) is 11.1. The molecule has 0 spiro atoms. The van der Waals surface area contributed by atoms with E-state index in [-0.39, 0.29) is 6.04 Å². The van der Waals surface area contributed by atoms with Gasteiger partial charge in [-0.1, -0.05) is 6.42 Å². The van der Waals surface area contributed by atoms with Gasteiger partial charge in [-0.25, -0.2) is 0 Å². The highest BCUT2D eigenvalue weighted by Crippen LogP contribution is 2.15. The van der Waals surface area contributed by atoms with Gasteiger partial charge in [0, 0.05) is 19.6 Å². The van der Waals surface area contributed by atoms with Crippen LogP contribution in [0.15, 0.2) is 6.33 Å². The van der Waals surface area contributed by atoms with Gasteiger partial charge in [0.2, 0.25) is 0 Å². The van der Waals surface area contributed by atoms with Gasteiger partial charge >= 0.3 is 0 Å². The summed E-state index contributed by atoms with van der Waals surface area (Å²) in [5, 5.41) is 11.6. The van der Waals surface area contributed by atoms with E-state index in [4.69, 9.17) is 0 Å². The van der Waals surface area contributed by atoms with Gasteiger partial charge in [-0.3, -0.25) is 0 Å². The van der Waals surface area contributed by atoms with Gasteiger partial charge in [0.05, 0.1) is 6.04 Å². The first kappa shape index (κ1) is 12.5. The number of nitrogens with one attached hydrogen (secondary N) is 1. The fourth-order valence-corrected chi connectivity index (χ4v) is 2.49. The van der Waals surface area contributed by atoms with Crippen molar-refractivity contribution in [3.8, 4) is 0 Å². The van der Waals surface area contributed by atoms with Crippen LogP contribution < -0.4 is 5.32 Å². The number of hydrogen-bond acceptors (Lipinski definition) is 4. The first-order valence-electron chi connectivity index (χ1n) is 6.46. The second-order valence-corrected chi connectivity index (χ2v) is 5.06. The average Bonchev–Trinajstić information content (AvgIpc) is 2.74. The Bertz CT molecular complexity index is 348. The third kappa shape index (κ3) is 3.04. The highest BCUT2D eigenvalue weighted by atomic mass is 15.3. The van der Waals surface area contributed by atoms with E-state index in [1.54, 1.807) is 6.33 Å². The summed E-state index contributed by atoms with van der Waals surface area (Å²) >= 11 is 0. The maximum absolute atomic E-state index is 4.14. The zero-order valence-corrected chi connectivity index (χ0v) is 11.1. The van der Waals surface area contributed by atoms with Gasteiger partial charge in [-0.15, -0.1) is 10.2 Å². The molecular weight excluding hydrogens is 214 g/mol. The van der Waals surface area contributed by atoms with E-state index in [0.717, 1.165) is 12.4 Å². The summed E-state index contributed by atoms with van der Waals surface area (Å²) in [7, 11) is 4.21. The van der Waals surface area contributed by atoms with Crippen LogP contribution in [0.3, 0.4) is 0 Å². The highest BCUT2D eigenvalue weighted by Gasteiger charge is 2.20. The highest BCUT2D eigenvalue weighted by molar-refractivity contribution is 4.92. The maximum Gasteiger partial charge on any atom is 0.149 e. The summed E-state index contributed by atoms with van der Waals surface area (Å²) in [5.74, 6) is 1.00. The Morgan fingerprint density at radius 3 is 2.94 bits per heavy atom. The van der Waals surface area contributed by atoms with Crippen LogP contribution in [0.5, 0.6) is 0 Å². The van der Waals surface area contributed by atoms with Gasteiger partial charge in [0.15, 0.2) is 0 Å². The van der Waals surface area contributed by atoms with Crippen LogP contribution in [-0.4, -0.2) is 45.8 Å². The lowest BCUT2D eigenvalue weighted by Crippen LogP contribution is -2.43. The van der Waals surface area contributed by atoms with Crippen LogP contribution in [0.1, 0.15) is 38.1 Å². The van der Waals surface area contributed by atoms with Crippen LogP contribution in [0.4, 0.5) is 0 Å². The molecule has 0 aromatic carbocycles. The van der Waals surface area contributed by atoms with Crippen LogP contribution in [-0.2, 0) is 7.05 Å². The monoisotopic (exact) mass is 237 g/mol. The third-order valence-electron chi connectivity index (χ3n) is 3.71. The molecule has 1 saturated heterocycles. The molecule has 1 aliphatic rings. The first-order chi connectivity index (χ1) is 8.18. The lowest BCUT2D eigenvalue weighted by Gasteiger charge is -2.33. The third-order valence-corrected chi connectivity index (χ3v) is 3.71. The molecule has 1 N–H and O–H groups in total. The Morgan fingerprint density at radius 1 is 1.47 bits per heavy atom. The lowest BCUT2D eigenvalue weighted by molar-refractivity contribution is 0.178. The Morgan fingerprint density at radius 2 is 2.29 bits per heavy atom. The standard InChI is InChI=1S/C12H23N5/c1-10(12-15-14-9-17(12)3)13-8-11-6-4-5-7-16(11)2/h9-11,13H,4-8H2,1-3H3. The van der Waals surface area contributed by atoms with Crippen molar-refractivity contribution in [2.45, 2.75) is 38.3 Å². The molecule has 0 bridgehead atoms. The molecule has 96 valence electrons. The minimum atomic E-state index is 0.262. The van der Waals surface area contributed by atoms with Crippen LogP contribution in [0.2, 0.25) is 0 Å². The number of nitrogens with zero attached hydrogens (tertiary/aromatic N) is 4. The summed E-state index contributed by atoms with van der Waals surface area (Å²) in [4.78, 5) is 2.46. The van der Waals surface area contributed by atoms with Crippen LogP contribution in [0, 0.1) is 0 Å². The van der Waals surface area contributed by atoms with Crippen molar-refractivity contribution in [3.63, 3.8) is 0 Å². The number of likely N-dealkylation sites (N-methyl/N-ethyl adjacent to an activating group) is 1. The van der Waals surface area contributed by atoms with Crippen molar-refractivity contribution >= 4 is 0 Å². The maximum atomic E-state index is 4.14. The molecule has 5 heteroatoms. The number of piperidine rings is 1. The van der Waals surface area contributed by atoms with Crippen molar-refractivity contribution in [2.75, 3.05) is 20.1 Å². The van der Waals surface area contributed by atoms with Gasteiger partial charge in [-0.2, -0.15) is 0 Å². The van der Waals surface area contributed by atoms with Crippen molar-refractivity contribution < 1.29 is 0 Å². The second kappa shape index (κ2) is 5.60. The number of rotatable bonds is 4. The zero-order chi connectivity index (χ0) is 12.3. The van der Waals surface area contributed by atoms with E-state index < -0.39 is 0 Å². The lowest BCUT2D eigenvalue weighted by atomic mass is 10.0. The number of aryl methyl sites for hydroxylation is 1. The van der Waals surface area contributed by atoms with E-state index in [2.05, 4.69) is 34.4 Å². The quantitative estimate of drug-likeness (QED) is 0.847. The normalized spacial score (nSPS) is 23.8. The molecule has 0 radical (unpaired) electrons. The number of aromatic nitrogens is 3. The molecule has 2 unspecified atom stereocenters. The molecule has 1 aromatic rings. The van der Waals surface area contributed by atoms with Gasteiger partial charge in [0.25, 0.3) is 0 Å². The average molecular weight is 237 g/mol.